The van der Waals surface area contributed by atoms with Crippen molar-refractivity contribution in [3.8, 4) is 12.1 Å². The molecule has 0 radical (unpaired) electrons. The quantitative estimate of drug-likeness (QED) is 0.317. The predicted molar refractivity (Wildman–Crippen MR) is 113 cm³/mol. The first kappa shape index (κ1) is 21.9. The first-order valence-corrected chi connectivity index (χ1v) is 10.0. The molecule has 4 heteroatoms. The van der Waals surface area contributed by atoms with E-state index in [0.29, 0.717) is 29.2 Å². The van der Waals surface area contributed by atoms with Crippen LogP contribution in [0.2, 0.25) is 0 Å². The molecule has 0 spiro atoms. The van der Waals surface area contributed by atoms with Gasteiger partial charge in [-0.05, 0) is 35.6 Å². The molecule has 2 aromatic carbocycles. The van der Waals surface area contributed by atoms with E-state index in [4.69, 9.17) is 10.00 Å². The van der Waals surface area contributed by atoms with Gasteiger partial charge in [0.1, 0.15) is 11.6 Å². The van der Waals surface area contributed by atoms with Crippen molar-refractivity contribution in [3.05, 3.63) is 76.9 Å². The highest BCUT2D eigenvalue weighted by molar-refractivity contribution is 6.05. The van der Waals surface area contributed by atoms with Crippen LogP contribution in [0.1, 0.15) is 56.2 Å². The van der Waals surface area contributed by atoms with Crippen molar-refractivity contribution in [2.24, 2.45) is 5.92 Å². The molecule has 0 N–H and O–H groups in total. The third-order valence-electron chi connectivity index (χ3n) is 4.92. The minimum atomic E-state index is -0.606. The molecular weight excluding hydrogens is 360 g/mol. The van der Waals surface area contributed by atoms with Crippen LogP contribution < -0.4 is 0 Å². The van der Waals surface area contributed by atoms with Gasteiger partial charge in [0.25, 0.3) is 0 Å². The highest BCUT2D eigenvalue weighted by Gasteiger charge is 2.21. The first-order chi connectivity index (χ1) is 14.1. The number of ether oxygens (including phenoxy) is 1. The fourth-order valence-electron chi connectivity index (χ4n) is 3.14. The third kappa shape index (κ3) is 6.06. The molecule has 0 bridgehead atoms. The molecule has 148 valence electrons. The van der Waals surface area contributed by atoms with E-state index in [0.717, 1.165) is 31.2 Å². The number of nitriles is 2. The van der Waals surface area contributed by atoms with Gasteiger partial charge in [-0.25, -0.2) is 4.79 Å². The summed E-state index contributed by atoms with van der Waals surface area (Å²) in [6.45, 7) is 4.54. The van der Waals surface area contributed by atoms with E-state index in [1.165, 1.54) is 0 Å². The largest absolute Gasteiger partial charge is 0.461 e. The molecule has 1 unspecified atom stereocenters. The number of nitrogens with zero attached hydrogens (tertiary/aromatic N) is 2. The van der Waals surface area contributed by atoms with Crippen LogP contribution in [0.15, 0.2) is 60.2 Å². The Bertz CT molecular complexity index is 916. The minimum Gasteiger partial charge on any atom is -0.461 e. The second-order valence-corrected chi connectivity index (χ2v) is 6.93. The molecule has 0 amide bonds. The van der Waals surface area contributed by atoms with Gasteiger partial charge in [0.2, 0.25) is 0 Å². The number of unbranched alkanes of at least 4 members (excludes halogenated alkanes) is 1. The molecule has 0 aromatic heterocycles. The lowest BCUT2D eigenvalue weighted by molar-refractivity contribution is -0.139. The van der Waals surface area contributed by atoms with Crippen molar-refractivity contribution in [2.75, 3.05) is 6.61 Å². The smallest absolute Gasteiger partial charge is 0.349 e. The predicted octanol–water partition coefficient (Wildman–Crippen LogP) is 5.64. The second-order valence-electron chi connectivity index (χ2n) is 6.93. The summed E-state index contributed by atoms with van der Waals surface area (Å²) < 4.78 is 5.54. The number of carbonyl (C=O) groups is 1. The Morgan fingerprint density at radius 2 is 1.66 bits per heavy atom. The van der Waals surface area contributed by atoms with Crippen LogP contribution in [0, 0.1) is 28.6 Å². The zero-order valence-electron chi connectivity index (χ0n) is 17.0. The van der Waals surface area contributed by atoms with Gasteiger partial charge in [-0.15, -0.1) is 0 Å². The van der Waals surface area contributed by atoms with E-state index in [9.17, 15) is 10.1 Å². The molecule has 0 aliphatic heterocycles. The molecule has 0 heterocycles. The van der Waals surface area contributed by atoms with Crippen molar-refractivity contribution in [2.45, 2.75) is 39.5 Å². The maximum absolute atomic E-state index is 12.8. The Kier molecular flexibility index (Phi) is 8.67. The van der Waals surface area contributed by atoms with Crippen LogP contribution in [0.4, 0.5) is 0 Å². The number of hydrogen-bond acceptors (Lipinski definition) is 4. The molecule has 2 aromatic rings. The zero-order chi connectivity index (χ0) is 21.1. The minimum absolute atomic E-state index is 0.0220. The summed E-state index contributed by atoms with van der Waals surface area (Å²) in [5.41, 5.74) is 2.46. The van der Waals surface area contributed by atoms with Gasteiger partial charge >= 0.3 is 5.97 Å². The van der Waals surface area contributed by atoms with Crippen LogP contribution in [-0.4, -0.2) is 12.6 Å². The van der Waals surface area contributed by atoms with E-state index in [2.05, 4.69) is 26.0 Å². The number of rotatable bonds is 9. The highest BCUT2D eigenvalue weighted by Crippen LogP contribution is 2.28. The first-order valence-electron chi connectivity index (χ1n) is 10.0. The Morgan fingerprint density at radius 1 is 1.00 bits per heavy atom. The van der Waals surface area contributed by atoms with Gasteiger partial charge in [-0.1, -0.05) is 75.6 Å². The van der Waals surface area contributed by atoms with E-state index >= 15 is 0 Å². The summed E-state index contributed by atoms with van der Waals surface area (Å²) in [6, 6.07) is 20.3. The highest BCUT2D eigenvalue weighted by atomic mass is 16.5. The summed E-state index contributed by atoms with van der Waals surface area (Å²) in [7, 11) is 0. The van der Waals surface area contributed by atoms with Crippen LogP contribution in [0.25, 0.3) is 5.57 Å². The van der Waals surface area contributed by atoms with Crippen LogP contribution in [0.5, 0.6) is 0 Å². The summed E-state index contributed by atoms with van der Waals surface area (Å²) in [5.74, 6) is -0.306. The zero-order valence-corrected chi connectivity index (χ0v) is 17.0. The Hall–Kier alpha value is -3.37. The molecule has 0 saturated carbocycles. The number of carbonyl (C=O) groups excluding carboxylic acids is 1. The fourth-order valence-corrected chi connectivity index (χ4v) is 3.14. The lowest BCUT2D eigenvalue weighted by Crippen LogP contribution is -2.16. The Labute approximate surface area is 173 Å². The molecule has 2 rings (SSSR count). The summed E-state index contributed by atoms with van der Waals surface area (Å²) in [5, 5.41) is 18.8. The topological polar surface area (TPSA) is 73.9 Å². The van der Waals surface area contributed by atoms with Crippen molar-refractivity contribution >= 4 is 11.5 Å². The second kappa shape index (κ2) is 11.5. The molecule has 4 nitrogen and oxygen atoms in total. The van der Waals surface area contributed by atoms with Gasteiger partial charge in [0.05, 0.1) is 18.2 Å². The van der Waals surface area contributed by atoms with Gasteiger partial charge in [-0.2, -0.15) is 10.5 Å². The Balaban J connectivity index is 2.40. The standard InChI is InChI=1S/C25H26N2O2/c1-3-5-9-19(4-2)18-29-25(28)23(17-27)24(21-10-7-6-8-11-21)22-14-12-20(16-26)13-15-22/h6-8,10-15,19H,3-5,9,18H2,1-2H3/b24-23-. The van der Waals surface area contributed by atoms with E-state index < -0.39 is 5.97 Å². The van der Waals surface area contributed by atoms with Gasteiger partial charge in [0, 0.05) is 5.57 Å². The van der Waals surface area contributed by atoms with E-state index in [-0.39, 0.29) is 5.57 Å². The van der Waals surface area contributed by atoms with Gasteiger partial charge < -0.3 is 4.74 Å². The van der Waals surface area contributed by atoms with E-state index in [1.807, 2.05) is 30.3 Å². The monoisotopic (exact) mass is 386 g/mol. The Morgan fingerprint density at radius 3 is 2.21 bits per heavy atom. The molecule has 0 fully saturated rings. The maximum atomic E-state index is 12.8. The van der Waals surface area contributed by atoms with Crippen molar-refractivity contribution in [1.82, 2.24) is 0 Å². The summed E-state index contributed by atoms with van der Waals surface area (Å²) >= 11 is 0. The summed E-state index contributed by atoms with van der Waals surface area (Å²) in [4.78, 5) is 12.8. The van der Waals surface area contributed by atoms with Crippen molar-refractivity contribution < 1.29 is 9.53 Å². The third-order valence-corrected chi connectivity index (χ3v) is 4.92. The molecule has 29 heavy (non-hydrogen) atoms. The number of esters is 1. The molecule has 0 aliphatic carbocycles. The lowest BCUT2D eigenvalue weighted by atomic mass is 9.93. The molecule has 1 atom stereocenters. The average Bonchev–Trinajstić information content (AvgIpc) is 2.78. The summed E-state index contributed by atoms with van der Waals surface area (Å²) in [6.07, 6.45) is 4.13. The number of hydrogen-bond donors (Lipinski definition) is 0. The fraction of sp³-hybridized carbons (Fsp3) is 0.320. The SMILES string of the molecule is CCCCC(CC)COC(=O)/C(C#N)=C(/c1ccccc1)c1ccc(C#N)cc1. The van der Waals surface area contributed by atoms with E-state index in [1.54, 1.807) is 24.3 Å². The van der Waals surface area contributed by atoms with Crippen LogP contribution >= 0.6 is 0 Å². The van der Waals surface area contributed by atoms with Crippen molar-refractivity contribution in [3.63, 3.8) is 0 Å². The van der Waals surface area contributed by atoms with Crippen LogP contribution in [-0.2, 0) is 9.53 Å². The molecule has 0 aliphatic rings. The maximum Gasteiger partial charge on any atom is 0.349 e. The van der Waals surface area contributed by atoms with Crippen LogP contribution in [0.3, 0.4) is 0 Å². The average molecular weight is 386 g/mol. The van der Waals surface area contributed by atoms with Gasteiger partial charge in [-0.3, -0.25) is 0 Å². The molecule has 0 saturated heterocycles. The lowest BCUT2D eigenvalue weighted by Gasteiger charge is -2.16. The number of benzene rings is 2. The van der Waals surface area contributed by atoms with Crippen molar-refractivity contribution in [1.29, 1.82) is 10.5 Å². The normalized spacial score (nSPS) is 12.3. The molecular formula is C25H26N2O2. The van der Waals surface area contributed by atoms with Gasteiger partial charge in [0.15, 0.2) is 0 Å².